The second-order valence-electron chi connectivity index (χ2n) is 3.76. The van der Waals surface area contributed by atoms with Crippen molar-refractivity contribution in [2.24, 2.45) is 0 Å². The van der Waals surface area contributed by atoms with Crippen molar-refractivity contribution in [3.8, 4) is 0 Å². The summed E-state index contributed by atoms with van der Waals surface area (Å²) in [5.41, 5.74) is 1.24. The molecule has 1 aromatic carbocycles. The predicted molar refractivity (Wildman–Crippen MR) is 68.1 cm³/mol. The van der Waals surface area contributed by atoms with E-state index in [0.29, 0.717) is 0 Å². The normalized spacial score (nSPS) is 11.1. The summed E-state index contributed by atoms with van der Waals surface area (Å²) in [5.74, 6) is 0. The molecule has 0 amide bonds. The van der Waals surface area contributed by atoms with E-state index in [1.54, 1.807) is 0 Å². The largest absolute Gasteiger partial charge is 0.382 e. The lowest BCUT2D eigenvalue weighted by Gasteiger charge is -2.05. The van der Waals surface area contributed by atoms with Gasteiger partial charge < -0.3 is 9.30 Å². The van der Waals surface area contributed by atoms with Crippen LogP contribution in [-0.4, -0.2) is 17.8 Å². The summed E-state index contributed by atoms with van der Waals surface area (Å²) in [4.78, 5) is 0. The Morgan fingerprint density at radius 3 is 3.00 bits per heavy atom. The lowest BCUT2D eigenvalue weighted by molar-refractivity contribution is 0.142. The van der Waals surface area contributed by atoms with Crippen molar-refractivity contribution in [1.82, 2.24) is 4.57 Å². The molecule has 0 saturated carbocycles. The van der Waals surface area contributed by atoms with Crippen LogP contribution in [0.3, 0.4) is 0 Å². The van der Waals surface area contributed by atoms with Crippen LogP contribution in [0.15, 0.2) is 30.5 Å². The Labute approximate surface area is 101 Å². The molecule has 3 heteroatoms. The third-order valence-corrected chi connectivity index (χ3v) is 2.86. The zero-order valence-electron chi connectivity index (χ0n) is 9.45. The molecule has 0 aliphatic heterocycles. The van der Waals surface area contributed by atoms with E-state index in [0.717, 1.165) is 31.2 Å². The van der Waals surface area contributed by atoms with Crippen molar-refractivity contribution in [1.29, 1.82) is 0 Å². The number of aromatic nitrogens is 1. The third-order valence-electron chi connectivity index (χ3n) is 2.62. The van der Waals surface area contributed by atoms with Crippen LogP contribution in [0.1, 0.15) is 13.3 Å². The fourth-order valence-corrected chi connectivity index (χ4v) is 2.03. The van der Waals surface area contributed by atoms with Gasteiger partial charge in [0.2, 0.25) is 0 Å². The second-order valence-corrected chi connectivity index (χ2v) is 4.20. The molecule has 2 nitrogen and oxygen atoms in total. The van der Waals surface area contributed by atoms with Gasteiger partial charge in [-0.05, 0) is 37.6 Å². The maximum absolute atomic E-state index is 5.94. The molecule has 0 N–H and O–H groups in total. The SMILES string of the molecule is CCOCCCn1ccc2cc(Cl)ccc21. The minimum Gasteiger partial charge on any atom is -0.382 e. The summed E-state index contributed by atoms with van der Waals surface area (Å²) < 4.78 is 7.57. The van der Waals surface area contributed by atoms with Gasteiger partial charge in [-0.2, -0.15) is 0 Å². The molecule has 0 saturated heterocycles. The minimum atomic E-state index is 0.791. The Kier molecular flexibility index (Phi) is 3.86. The Morgan fingerprint density at radius 1 is 1.31 bits per heavy atom. The van der Waals surface area contributed by atoms with Gasteiger partial charge in [-0.3, -0.25) is 0 Å². The standard InChI is InChI=1S/C13H16ClNO/c1-2-16-9-3-7-15-8-6-11-10-12(14)4-5-13(11)15/h4-6,8,10H,2-3,7,9H2,1H3. The van der Waals surface area contributed by atoms with Gasteiger partial charge in [0, 0.05) is 41.9 Å². The van der Waals surface area contributed by atoms with Crippen molar-refractivity contribution in [3.63, 3.8) is 0 Å². The van der Waals surface area contributed by atoms with Crippen molar-refractivity contribution < 1.29 is 4.74 Å². The predicted octanol–water partition coefficient (Wildman–Crippen LogP) is 3.72. The van der Waals surface area contributed by atoms with Crippen molar-refractivity contribution in [2.45, 2.75) is 19.9 Å². The zero-order valence-corrected chi connectivity index (χ0v) is 10.2. The van der Waals surface area contributed by atoms with Crippen molar-refractivity contribution in [2.75, 3.05) is 13.2 Å². The van der Waals surface area contributed by atoms with Gasteiger partial charge >= 0.3 is 0 Å². The smallest absolute Gasteiger partial charge is 0.0482 e. The highest BCUT2D eigenvalue weighted by atomic mass is 35.5. The van der Waals surface area contributed by atoms with E-state index in [1.807, 2.05) is 19.1 Å². The molecule has 0 aliphatic rings. The van der Waals surface area contributed by atoms with Crippen LogP contribution in [0, 0.1) is 0 Å². The van der Waals surface area contributed by atoms with Crippen LogP contribution < -0.4 is 0 Å². The molecule has 0 atom stereocenters. The monoisotopic (exact) mass is 237 g/mol. The molecule has 0 unspecified atom stereocenters. The van der Waals surface area contributed by atoms with E-state index in [2.05, 4.69) is 22.9 Å². The van der Waals surface area contributed by atoms with Crippen LogP contribution in [0.5, 0.6) is 0 Å². The molecule has 1 aromatic heterocycles. The molecular weight excluding hydrogens is 222 g/mol. The Balaban J connectivity index is 2.07. The van der Waals surface area contributed by atoms with Gasteiger partial charge in [-0.25, -0.2) is 0 Å². The number of aryl methyl sites for hydroxylation is 1. The molecule has 0 spiro atoms. The number of hydrogen-bond donors (Lipinski definition) is 0. The molecule has 0 bridgehead atoms. The number of halogens is 1. The van der Waals surface area contributed by atoms with Crippen LogP contribution >= 0.6 is 11.6 Å². The molecule has 2 rings (SSSR count). The van der Waals surface area contributed by atoms with Crippen molar-refractivity contribution in [3.05, 3.63) is 35.5 Å². The van der Waals surface area contributed by atoms with Crippen LogP contribution in [0.4, 0.5) is 0 Å². The molecule has 1 heterocycles. The quantitative estimate of drug-likeness (QED) is 0.723. The molecule has 0 radical (unpaired) electrons. The minimum absolute atomic E-state index is 0.791. The van der Waals surface area contributed by atoms with Crippen LogP contribution in [0.2, 0.25) is 5.02 Å². The molecular formula is C13H16ClNO. The van der Waals surface area contributed by atoms with E-state index in [9.17, 15) is 0 Å². The van der Waals surface area contributed by atoms with Crippen molar-refractivity contribution >= 4 is 22.5 Å². The number of hydrogen-bond acceptors (Lipinski definition) is 1. The summed E-state index contributed by atoms with van der Waals surface area (Å²) in [5, 5.41) is 1.99. The van der Waals surface area contributed by atoms with Crippen LogP contribution in [-0.2, 0) is 11.3 Å². The van der Waals surface area contributed by atoms with Gasteiger partial charge in [0.1, 0.15) is 0 Å². The van der Waals surface area contributed by atoms with Crippen LogP contribution in [0.25, 0.3) is 10.9 Å². The third kappa shape index (κ3) is 2.57. The van der Waals surface area contributed by atoms with E-state index in [-0.39, 0.29) is 0 Å². The first kappa shape index (κ1) is 11.5. The number of nitrogens with zero attached hydrogens (tertiary/aromatic N) is 1. The van der Waals surface area contributed by atoms with Gasteiger partial charge in [-0.1, -0.05) is 11.6 Å². The van der Waals surface area contributed by atoms with E-state index in [4.69, 9.17) is 16.3 Å². The second kappa shape index (κ2) is 5.37. The van der Waals surface area contributed by atoms with Gasteiger partial charge in [-0.15, -0.1) is 0 Å². The first-order valence-electron chi connectivity index (χ1n) is 5.63. The number of rotatable bonds is 5. The first-order valence-corrected chi connectivity index (χ1v) is 6.01. The zero-order chi connectivity index (χ0) is 11.4. The average molecular weight is 238 g/mol. The highest BCUT2D eigenvalue weighted by Crippen LogP contribution is 2.20. The van der Waals surface area contributed by atoms with E-state index in [1.165, 1.54) is 10.9 Å². The average Bonchev–Trinajstić information content (AvgIpc) is 2.67. The summed E-state index contributed by atoms with van der Waals surface area (Å²) >= 11 is 5.94. The molecule has 0 fully saturated rings. The van der Waals surface area contributed by atoms with Gasteiger partial charge in [0.15, 0.2) is 0 Å². The highest BCUT2D eigenvalue weighted by molar-refractivity contribution is 6.31. The Hall–Kier alpha value is -0.990. The number of benzene rings is 1. The fraction of sp³-hybridized carbons (Fsp3) is 0.385. The lowest BCUT2D eigenvalue weighted by atomic mass is 10.2. The fourth-order valence-electron chi connectivity index (χ4n) is 1.85. The number of fused-ring (bicyclic) bond motifs is 1. The van der Waals surface area contributed by atoms with E-state index < -0.39 is 0 Å². The Morgan fingerprint density at radius 2 is 2.19 bits per heavy atom. The topological polar surface area (TPSA) is 14.2 Å². The summed E-state index contributed by atoms with van der Waals surface area (Å²) in [6.07, 6.45) is 3.15. The summed E-state index contributed by atoms with van der Waals surface area (Å²) in [7, 11) is 0. The molecule has 86 valence electrons. The summed E-state index contributed by atoms with van der Waals surface area (Å²) in [6.45, 7) is 4.63. The first-order chi connectivity index (χ1) is 7.81. The highest BCUT2D eigenvalue weighted by Gasteiger charge is 2.00. The Bertz CT molecular complexity index is 464. The van der Waals surface area contributed by atoms with Gasteiger partial charge in [0.05, 0.1) is 0 Å². The molecule has 16 heavy (non-hydrogen) atoms. The van der Waals surface area contributed by atoms with E-state index >= 15 is 0 Å². The van der Waals surface area contributed by atoms with Gasteiger partial charge in [0.25, 0.3) is 0 Å². The number of ether oxygens (including phenoxy) is 1. The maximum atomic E-state index is 5.94. The molecule has 0 aliphatic carbocycles. The lowest BCUT2D eigenvalue weighted by Crippen LogP contribution is -2.01. The maximum Gasteiger partial charge on any atom is 0.0482 e. The summed E-state index contributed by atoms with van der Waals surface area (Å²) in [6, 6.07) is 8.10. The molecule has 2 aromatic rings.